The lowest BCUT2D eigenvalue weighted by Gasteiger charge is -2.33. The molecule has 3 heteroatoms. The molecule has 2 fully saturated rings. The van der Waals surface area contributed by atoms with Crippen molar-refractivity contribution in [3.63, 3.8) is 0 Å². The molecule has 1 spiro atoms. The highest BCUT2D eigenvalue weighted by Crippen LogP contribution is 2.45. The van der Waals surface area contributed by atoms with E-state index < -0.39 is 0 Å². The molecule has 0 aromatic heterocycles. The van der Waals surface area contributed by atoms with E-state index in [1.54, 1.807) is 0 Å². The van der Waals surface area contributed by atoms with Crippen molar-refractivity contribution in [3.8, 4) is 0 Å². The van der Waals surface area contributed by atoms with Crippen LogP contribution in [0, 0.1) is 0 Å². The van der Waals surface area contributed by atoms with Gasteiger partial charge in [0.2, 0.25) is 0 Å². The topological polar surface area (TPSA) is 29.5 Å². The molecular weight excluding hydrogens is 274 g/mol. The predicted molar refractivity (Wildman–Crippen MR) is 88.3 cm³/mol. The molecule has 1 aromatic rings. The molecule has 2 aliphatic rings. The molecule has 1 amide bonds. The van der Waals surface area contributed by atoms with E-state index in [0.29, 0.717) is 0 Å². The van der Waals surface area contributed by atoms with Crippen molar-refractivity contribution in [2.24, 2.45) is 0 Å². The fourth-order valence-electron chi connectivity index (χ4n) is 3.54. The summed E-state index contributed by atoms with van der Waals surface area (Å²) in [5.74, 6) is 0. The Bertz CT molecular complexity index is 544. The van der Waals surface area contributed by atoms with Gasteiger partial charge in [-0.3, -0.25) is 4.90 Å². The quantitative estimate of drug-likeness (QED) is 0.784. The van der Waals surface area contributed by atoms with Gasteiger partial charge in [0.15, 0.2) is 5.60 Å². The number of carbonyl (C=O) groups excluding carboxylic acids is 1. The lowest BCUT2D eigenvalue weighted by molar-refractivity contribution is 0.0404. The number of nitrogens with zero attached hydrogens (tertiary/aromatic N) is 1. The van der Waals surface area contributed by atoms with Crippen molar-refractivity contribution in [1.29, 1.82) is 0 Å². The van der Waals surface area contributed by atoms with E-state index in [9.17, 15) is 4.79 Å². The summed E-state index contributed by atoms with van der Waals surface area (Å²) < 4.78 is 5.90. The number of unbranched alkanes of at least 4 members (excludes halogenated alkanes) is 1. The Morgan fingerprint density at radius 1 is 1.18 bits per heavy atom. The standard InChI is InChI=1S/C19H25NO2/c1-2-3-14-20-17(15-16-10-6-4-7-11-16)19(22-18(20)21)12-8-5-9-13-19/h4,6-7,10-11,15H,2-3,5,8-9,12-14H2,1H3/b17-15+. The van der Waals surface area contributed by atoms with Gasteiger partial charge in [-0.1, -0.05) is 50.1 Å². The Balaban J connectivity index is 1.96. The molecule has 22 heavy (non-hydrogen) atoms. The molecule has 0 unspecified atom stereocenters. The van der Waals surface area contributed by atoms with E-state index in [0.717, 1.165) is 56.3 Å². The Morgan fingerprint density at radius 2 is 1.91 bits per heavy atom. The number of carbonyl (C=O) groups is 1. The Labute approximate surface area is 133 Å². The number of amides is 1. The fourth-order valence-corrected chi connectivity index (χ4v) is 3.54. The molecule has 3 rings (SSSR count). The summed E-state index contributed by atoms with van der Waals surface area (Å²) in [6.45, 7) is 2.91. The summed E-state index contributed by atoms with van der Waals surface area (Å²) in [7, 11) is 0. The molecule has 1 heterocycles. The molecule has 0 atom stereocenters. The minimum Gasteiger partial charge on any atom is -0.436 e. The zero-order chi connectivity index (χ0) is 15.4. The monoisotopic (exact) mass is 299 g/mol. The van der Waals surface area contributed by atoms with Crippen molar-refractivity contribution in [2.75, 3.05) is 6.54 Å². The van der Waals surface area contributed by atoms with E-state index in [1.165, 1.54) is 6.42 Å². The third-order valence-electron chi connectivity index (χ3n) is 4.76. The average Bonchev–Trinajstić information content (AvgIpc) is 2.78. The van der Waals surface area contributed by atoms with Crippen molar-refractivity contribution < 1.29 is 9.53 Å². The van der Waals surface area contributed by atoms with Crippen molar-refractivity contribution in [3.05, 3.63) is 41.6 Å². The number of rotatable bonds is 4. The Hall–Kier alpha value is -1.77. The maximum atomic E-state index is 12.4. The first-order chi connectivity index (χ1) is 10.7. The van der Waals surface area contributed by atoms with Crippen LogP contribution in [0.15, 0.2) is 36.0 Å². The van der Waals surface area contributed by atoms with E-state index in [-0.39, 0.29) is 11.7 Å². The van der Waals surface area contributed by atoms with Gasteiger partial charge in [0.05, 0.1) is 5.70 Å². The molecule has 1 saturated carbocycles. The van der Waals surface area contributed by atoms with Crippen LogP contribution in [0.5, 0.6) is 0 Å². The summed E-state index contributed by atoms with van der Waals surface area (Å²) in [6, 6.07) is 10.3. The van der Waals surface area contributed by atoms with Gasteiger partial charge < -0.3 is 4.74 Å². The second kappa shape index (κ2) is 6.55. The zero-order valence-electron chi connectivity index (χ0n) is 13.4. The highest BCUT2D eigenvalue weighted by molar-refractivity contribution is 5.78. The highest BCUT2D eigenvalue weighted by Gasteiger charge is 2.49. The van der Waals surface area contributed by atoms with Crippen LogP contribution in [0.25, 0.3) is 6.08 Å². The van der Waals surface area contributed by atoms with Gasteiger partial charge in [-0.15, -0.1) is 0 Å². The SMILES string of the molecule is CCCCN1C(=O)OC2(CCCCC2)/C1=C\c1ccccc1. The Morgan fingerprint density at radius 3 is 2.59 bits per heavy atom. The second-order valence-corrected chi connectivity index (χ2v) is 6.37. The van der Waals surface area contributed by atoms with Gasteiger partial charge in [0.25, 0.3) is 0 Å². The summed E-state index contributed by atoms with van der Waals surface area (Å²) in [5.41, 5.74) is 1.85. The van der Waals surface area contributed by atoms with Crippen LogP contribution < -0.4 is 0 Å². The van der Waals surface area contributed by atoms with Crippen molar-refractivity contribution in [2.45, 2.75) is 57.5 Å². The minimum absolute atomic E-state index is 0.155. The van der Waals surface area contributed by atoms with Crippen molar-refractivity contribution in [1.82, 2.24) is 4.90 Å². The first-order valence-electron chi connectivity index (χ1n) is 8.53. The molecule has 1 aliphatic heterocycles. The maximum Gasteiger partial charge on any atom is 0.415 e. The number of hydrogen-bond acceptors (Lipinski definition) is 2. The van der Waals surface area contributed by atoms with Crippen LogP contribution in [0.2, 0.25) is 0 Å². The number of hydrogen-bond donors (Lipinski definition) is 0. The van der Waals surface area contributed by atoms with Crippen LogP contribution in [-0.2, 0) is 4.74 Å². The molecule has 0 N–H and O–H groups in total. The second-order valence-electron chi connectivity index (χ2n) is 6.37. The summed E-state index contributed by atoms with van der Waals surface area (Å²) >= 11 is 0. The molecule has 1 aromatic carbocycles. The van der Waals surface area contributed by atoms with Crippen molar-refractivity contribution >= 4 is 12.2 Å². The normalized spacial score (nSPS) is 22.3. The predicted octanol–water partition coefficient (Wildman–Crippen LogP) is 4.98. The lowest BCUT2D eigenvalue weighted by atomic mass is 9.81. The van der Waals surface area contributed by atoms with E-state index >= 15 is 0 Å². The van der Waals surface area contributed by atoms with Gasteiger partial charge in [-0.25, -0.2) is 4.79 Å². The molecule has 0 radical (unpaired) electrons. The van der Waals surface area contributed by atoms with Crippen LogP contribution in [0.4, 0.5) is 4.79 Å². The van der Waals surface area contributed by atoms with E-state index in [2.05, 4.69) is 25.1 Å². The van der Waals surface area contributed by atoms with Crippen LogP contribution >= 0.6 is 0 Å². The minimum atomic E-state index is -0.376. The number of benzene rings is 1. The van der Waals surface area contributed by atoms with Crippen LogP contribution in [0.1, 0.15) is 57.4 Å². The first kappa shape index (κ1) is 15.1. The lowest BCUT2D eigenvalue weighted by Crippen LogP contribution is -2.34. The largest absolute Gasteiger partial charge is 0.436 e. The Kier molecular flexibility index (Phi) is 4.51. The summed E-state index contributed by atoms with van der Waals surface area (Å²) in [4.78, 5) is 14.3. The number of ether oxygens (including phenoxy) is 1. The smallest absolute Gasteiger partial charge is 0.415 e. The molecular formula is C19H25NO2. The molecule has 0 bridgehead atoms. The van der Waals surface area contributed by atoms with E-state index in [1.807, 2.05) is 23.1 Å². The highest BCUT2D eigenvalue weighted by atomic mass is 16.6. The maximum absolute atomic E-state index is 12.4. The first-order valence-corrected chi connectivity index (χ1v) is 8.53. The van der Waals surface area contributed by atoms with Gasteiger partial charge in [-0.2, -0.15) is 0 Å². The fraction of sp³-hybridized carbons (Fsp3) is 0.526. The van der Waals surface area contributed by atoms with Gasteiger partial charge in [0.1, 0.15) is 0 Å². The van der Waals surface area contributed by atoms with Gasteiger partial charge in [-0.05, 0) is 43.7 Å². The molecule has 1 saturated heterocycles. The van der Waals surface area contributed by atoms with E-state index in [4.69, 9.17) is 4.74 Å². The summed E-state index contributed by atoms with van der Waals surface area (Å²) in [5, 5.41) is 0. The third-order valence-corrected chi connectivity index (χ3v) is 4.76. The summed E-state index contributed by atoms with van der Waals surface area (Å²) in [6.07, 6.45) is 9.53. The molecule has 1 aliphatic carbocycles. The molecule has 118 valence electrons. The van der Waals surface area contributed by atoms with Gasteiger partial charge >= 0.3 is 6.09 Å². The zero-order valence-corrected chi connectivity index (χ0v) is 13.4. The van der Waals surface area contributed by atoms with Gasteiger partial charge in [0, 0.05) is 6.54 Å². The van der Waals surface area contributed by atoms with Crippen LogP contribution in [0.3, 0.4) is 0 Å². The van der Waals surface area contributed by atoms with Crippen LogP contribution in [-0.4, -0.2) is 23.1 Å². The molecule has 3 nitrogen and oxygen atoms in total. The third kappa shape index (κ3) is 2.90. The average molecular weight is 299 g/mol.